The number of likely N-dealkylation sites (tertiary alicyclic amines) is 1. The van der Waals surface area contributed by atoms with E-state index in [1.807, 2.05) is 24.3 Å². The summed E-state index contributed by atoms with van der Waals surface area (Å²) in [6, 6.07) is 7.96. The molecule has 1 unspecified atom stereocenters. The Kier molecular flexibility index (Phi) is 7.81. The van der Waals surface area contributed by atoms with Gasteiger partial charge >= 0.3 is 6.09 Å². The molecule has 1 aromatic carbocycles. The number of benzene rings is 1. The molecule has 27 heavy (non-hydrogen) atoms. The second-order valence-corrected chi connectivity index (χ2v) is 7.75. The summed E-state index contributed by atoms with van der Waals surface area (Å²) in [5, 5.41) is 2.88. The summed E-state index contributed by atoms with van der Waals surface area (Å²) >= 11 is 0. The highest BCUT2D eigenvalue weighted by Crippen LogP contribution is 2.28. The first-order chi connectivity index (χ1) is 13.3. The standard InChI is InChI=1S/C22H34N2O3/c1-2-3-8-16-26-19-11-9-10-18(17-19)23-22(25)27-21-13-5-4-12-20(21)24-14-6-7-15-24/h9-11,17,20-21H,2-8,12-16H2,1H3,(H,23,25)/t20-,21?/m0/s1. The molecule has 2 atom stereocenters. The molecule has 0 bridgehead atoms. The highest BCUT2D eigenvalue weighted by atomic mass is 16.6. The van der Waals surface area contributed by atoms with Gasteiger partial charge in [0.25, 0.3) is 0 Å². The molecule has 3 rings (SSSR count). The highest BCUT2D eigenvalue weighted by molar-refractivity contribution is 5.85. The topological polar surface area (TPSA) is 50.8 Å². The smallest absolute Gasteiger partial charge is 0.411 e. The van der Waals surface area contributed by atoms with Crippen LogP contribution in [0.5, 0.6) is 5.75 Å². The van der Waals surface area contributed by atoms with Gasteiger partial charge in [-0.1, -0.05) is 32.3 Å². The van der Waals surface area contributed by atoms with Gasteiger partial charge in [0.2, 0.25) is 0 Å². The lowest BCUT2D eigenvalue weighted by Crippen LogP contribution is -2.46. The molecule has 2 aliphatic rings. The van der Waals surface area contributed by atoms with E-state index in [0.717, 1.165) is 50.2 Å². The lowest BCUT2D eigenvalue weighted by Gasteiger charge is -2.37. The number of hydrogen-bond donors (Lipinski definition) is 1. The first-order valence-electron chi connectivity index (χ1n) is 10.7. The van der Waals surface area contributed by atoms with E-state index < -0.39 is 0 Å². The number of anilines is 1. The molecule has 1 saturated carbocycles. The Bertz CT molecular complexity index is 587. The van der Waals surface area contributed by atoms with Gasteiger partial charge in [0.1, 0.15) is 11.9 Å². The second kappa shape index (κ2) is 10.5. The minimum absolute atomic E-state index is 0.00493. The normalized spacial score (nSPS) is 23.1. The third-order valence-corrected chi connectivity index (χ3v) is 5.63. The van der Waals surface area contributed by atoms with Crippen LogP contribution >= 0.6 is 0 Å². The molecule has 2 fully saturated rings. The number of nitrogens with one attached hydrogen (secondary N) is 1. The summed E-state index contributed by atoms with van der Waals surface area (Å²) in [7, 11) is 0. The fourth-order valence-corrected chi connectivity index (χ4v) is 4.20. The molecule has 0 radical (unpaired) electrons. The molecule has 0 spiro atoms. The van der Waals surface area contributed by atoms with Gasteiger partial charge in [-0.15, -0.1) is 0 Å². The highest BCUT2D eigenvalue weighted by Gasteiger charge is 2.34. The lowest BCUT2D eigenvalue weighted by atomic mass is 9.91. The Balaban J connectivity index is 1.50. The van der Waals surface area contributed by atoms with Gasteiger partial charge in [-0.3, -0.25) is 10.2 Å². The molecule has 0 aromatic heterocycles. The molecule has 1 aliphatic carbocycles. The molecule has 5 nitrogen and oxygen atoms in total. The van der Waals surface area contributed by atoms with E-state index in [-0.39, 0.29) is 12.2 Å². The van der Waals surface area contributed by atoms with Gasteiger partial charge in [0.15, 0.2) is 0 Å². The van der Waals surface area contributed by atoms with Crippen molar-refractivity contribution in [2.45, 2.75) is 76.9 Å². The first kappa shape index (κ1) is 20.0. The van der Waals surface area contributed by atoms with Crippen molar-refractivity contribution < 1.29 is 14.3 Å². The van der Waals surface area contributed by atoms with Crippen molar-refractivity contribution in [2.75, 3.05) is 25.0 Å². The van der Waals surface area contributed by atoms with E-state index in [0.29, 0.717) is 12.6 Å². The molecule has 1 amide bonds. The average Bonchev–Trinajstić information content (AvgIpc) is 3.20. The van der Waals surface area contributed by atoms with Gasteiger partial charge < -0.3 is 9.47 Å². The van der Waals surface area contributed by atoms with Crippen LogP contribution in [-0.2, 0) is 4.74 Å². The van der Waals surface area contributed by atoms with Crippen LogP contribution in [-0.4, -0.2) is 42.8 Å². The van der Waals surface area contributed by atoms with Crippen LogP contribution in [0.15, 0.2) is 24.3 Å². The molecular formula is C22H34N2O3. The Morgan fingerprint density at radius 3 is 2.78 bits per heavy atom. The van der Waals surface area contributed by atoms with E-state index in [2.05, 4.69) is 17.1 Å². The third-order valence-electron chi connectivity index (χ3n) is 5.63. The number of unbranched alkanes of at least 4 members (excludes halogenated alkanes) is 2. The van der Waals surface area contributed by atoms with Crippen LogP contribution < -0.4 is 10.1 Å². The fourth-order valence-electron chi connectivity index (χ4n) is 4.20. The zero-order chi connectivity index (χ0) is 18.9. The maximum absolute atomic E-state index is 12.5. The molecule has 1 N–H and O–H groups in total. The zero-order valence-corrected chi connectivity index (χ0v) is 16.6. The Hall–Kier alpha value is -1.75. The lowest BCUT2D eigenvalue weighted by molar-refractivity contribution is 0.0176. The van der Waals surface area contributed by atoms with Crippen molar-refractivity contribution in [2.24, 2.45) is 0 Å². The second-order valence-electron chi connectivity index (χ2n) is 7.75. The summed E-state index contributed by atoms with van der Waals surface area (Å²) in [5.41, 5.74) is 0.724. The quantitative estimate of drug-likeness (QED) is 0.635. The fraction of sp³-hybridized carbons (Fsp3) is 0.682. The van der Waals surface area contributed by atoms with Gasteiger partial charge in [-0.05, 0) is 63.7 Å². The predicted molar refractivity (Wildman–Crippen MR) is 108 cm³/mol. The monoisotopic (exact) mass is 374 g/mol. The maximum atomic E-state index is 12.5. The minimum Gasteiger partial charge on any atom is -0.494 e. The zero-order valence-electron chi connectivity index (χ0n) is 16.6. The van der Waals surface area contributed by atoms with Crippen molar-refractivity contribution in [1.82, 2.24) is 4.90 Å². The number of ether oxygens (including phenoxy) is 2. The van der Waals surface area contributed by atoms with Gasteiger partial charge in [-0.25, -0.2) is 4.79 Å². The predicted octanol–water partition coefficient (Wildman–Crippen LogP) is 5.21. The number of rotatable bonds is 8. The van der Waals surface area contributed by atoms with Crippen molar-refractivity contribution in [1.29, 1.82) is 0 Å². The van der Waals surface area contributed by atoms with Crippen LogP contribution in [0.25, 0.3) is 0 Å². The van der Waals surface area contributed by atoms with Crippen LogP contribution in [0, 0.1) is 0 Å². The van der Waals surface area contributed by atoms with E-state index in [1.54, 1.807) is 0 Å². The van der Waals surface area contributed by atoms with Gasteiger partial charge in [0, 0.05) is 17.8 Å². The number of hydrogen-bond acceptors (Lipinski definition) is 4. The van der Waals surface area contributed by atoms with Gasteiger partial charge in [-0.2, -0.15) is 0 Å². The largest absolute Gasteiger partial charge is 0.494 e. The summed E-state index contributed by atoms with van der Waals surface area (Å²) in [5.74, 6) is 0.788. The van der Waals surface area contributed by atoms with E-state index >= 15 is 0 Å². The summed E-state index contributed by atoms with van der Waals surface area (Å²) in [6.45, 7) is 5.17. The van der Waals surface area contributed by atoms with E-state index in [9.17, 15) is 4.79 Å². The average molecular weight is 375 g/mol. The van der Waals surface area contributed by atoms with Gasteiger partial charge in [0.05, 0.1) is 6.61 Å². The number of amides is 1. The summed E-state index contributed by atoms with van der Waals surface area (Å²) < 4.78 is 11.6. The van der Waals surface area contributed by atoms with E-state index in [1.165, 1.54) is 32.1 Å². The summed E-state index contributed by atoms with van der Waals surface area (Å²) in [6.07, 6.45) is 10.1. The molecule has 1 aromatic rings. The van der Waals surface area contributed by atoms with Crippen LogP contribution in [0.3, 0.4) is 0 Å². The number of carbonyl (C=O) groups excluding carboxylic acids is 1. The SMILES string of the molecule is CCCCCOc1cccc(NC(=O)OC2CCCC[C@@H]2N2CCCC2)c1. The first-order valence-corrected chi connectivity index (χ1v) is 10.7. The van der Waals surface area contributed by atoms with Crippen molar-refractivity contribution in [3.8, 4) is 5.75 Å². The number of nitrogens with zero attached hydrogens (tertiary/aromatic N) is 1. The number of carbonyl (C=O) groups is 1. The Labute approximate surface area is 163 Å². The molecule has 1 heterocycles. The molecule has 5 heteroatoms. The van der Waals surface area contributed by atoms with E-state index in [4.69, 9.17) is 9.47 Å². The molecule has 1 saturated heterocycles. The third kappa shape index (κ3) is 6.13. The van der Waals surface area contributed by atoms with Crippen LogP contribution in [0.1, 0.15) is 64.7 Å². The molecule has 1 aliphatic heterocycles. The maximum Gasteiger partial charge on any atom is 0.411 e. The molecule has 150 valence electrons. The van der Waals surface area contributed by atoms with Crippen molar-refractivity contribution >= 4 is 11.8 Å². The van der Waals surface area contributed by atoms with Crippen molar-refractivity contribution in [3.63, 3.8) is 0 Å². The minimum atomic E-state index is -0.353. The van der Waals surface area contributed by atoms with Crippen molar-refractivity contribution in [3.05, 3.63) is 24.3 Å². The van der Waals surface area contributed by atoms with Crippen LogP contribution in [0.2, 0.25) is 0 Å². The van der Waals surface area contributed by atoms with Crippen LogP contribution in [0.4, 0.5) is 10.5 Å². The molecular weight excluding hydrogens is 340 g/mol. The Morgan fingerprint density at radius 2 is 1.96 bits per heavy atom. The summed E-state index contributed by atoms with van der Waals surface area (Å²) in [4.78, 5) is 15.0. The Morgan fingerprint density at radius 1 is 1.15 bits per heavy atom.